The first-order valence-electron chi connectivity index (χ1n) is 20.6. The normalized spacial score (nSPS) is 19.3. The van der Waals surface area contributed by atoms with Crippen LogP contribution in [0.3, 0.4) is 0 Å². The molecule has 0 atom stereocenters. The average molecular weight is 710 g/mol. The molecule has 0 amide bonds. The van der Waals surface area contributed by atoms with Gasteiger partial charge in [0.1, 0.15) is 6.54 Å². The Morgan fingerprint density at radius 2 is 1.31 bits per heavy atom. The molecule has 0 spiro atoms. The third-order valence-corrected chi connectivity index (χ3v) is 12.5. The quantitative estimate of drug-likeness (QED) is 0.131. The van der Waals surface area contributed by atoms with Crippen molar-refractivity contribution in [3.8, 4) is 0 Å². The van der Waals surface area contributed by atoms with Gasteiger partial charge in [-0.2, -0.15) is 4.58 Å². The average Bonchev–Trinajstić information content (AvgIpc) is 3.55. The van der Waals surface area contributed by atoms with E-state index in [9.17, 15) is 0 Å². The number of anilines is 1. The molecule has 0 radical (unpaired) electrons. The highest BCUT2D eigenvalue weighted by molar-refractivity contribution is 6.08. The fourth-order valence-corrected chi connectivity index (χ4v) is 9.78. The van der Waals surface area contributed by atoms with Gasteiger partial charge in [-0.3, -0.25) is 0 Å². The van der Waals surface area contributed by atoms with Crippen LogP contribution in [0, 0.1) is 0 Å². The second-order valence-electron chi connectivity index (χ2n) is 16.7. The second kappa shape index (κ2) is 14.7. The second-order valence-corrected chi connectivity index (χ2v) is 16.7. The van der Waals surface area contributed by atoms with Crippen molar-refractivity contribution in [2.45, 2.75) is 97.3 Å². The van der Waals surface area contributed by atoms with Crippen molar-refractivity contribution in [3.63, 3.8) is 0 Å². The minimum absolute atomic E-state index is 0.110. The van der Waals surface area contributed by atoms with Crippen LogP contribution in [0.5, 0.6) is 0 Å². The summed E-state index contributed by atoms with van der Waals surface area (Å²) >= 11 is 0. The molecule has 2 heteroatoms. The predicted octanol–water partition coefficient (Wildman–Crippen LogP) is 13.8. The number of nitrogens with zero attached hydrogens (tertiary/aromatic N) is 2. The molecule has 0 saturated heterocycles. The van der Waals surface area contributed by atoms with Crippen LogP contribution < -0.4 is 4.90 Å². The van der Waals surface area contributed by atoms with Gasteiger partial charge in [-0.05, 0) is 107 Å². The van der Waals surface area contributed by atoms with E-state index in [1.54, 1.807) is 0 Å². The van der Waals surface area contributed by atoms with Gasteiger partial charge in [0.15, 0.2) is 5.71 Å². The Morgan fingerprint density at radius 1 is 0.648 bits per heavy atom. The maximum Gasteiger partial charge on any atom is 0.210 e. The Hall–Kier alpha value is -4.95. The van der Waals surface area contributed by atoms with Crippen molar-refractivity contribution >= 4 is 44.2 Å². The van der Waals surface area contributed by atoms with Gasteiger partial charge in [0.2, 0.25) is 5.69 Å². The first kappa shape index (κ1) is 36.0. The zero-order valence-corrected chi connectivity index (χ0v) is 33.4. The van der Waals surface area contributed by atoms with E-state index in [-0.39, 0.29) is 10.8 Å². The minimum Gasteiger partial charge on any atom is -0.344 e. The molecule has 8 rings (SSSR count). The number of allylic oxidation sites excluding steroid dienone is 8. The molecule has 2 aliphatic heterocycles. The van der Waals surface area contributed by atoms with Crippen molar-refractivity contribution in [1.82, 2.24) is 0 Å². The van der Waals surface area contributed by atoms with Crippen LogP contribution in [-0.4, -0.2) is 23.4 Å². The lowest BCUT2D eigenvalue weighted by atomic mass is 9.78. The van der Waals surface area contributed by atoms with Crippen molar-refractivity contribution in [3.05, 3.63) is 161 Å². The lowest BCUT2D eigenvalue weighted by Crippen LogP contribution is -2.28. The van der Waals surface area contributed by atoms with Gasteiger partial charge in [-0.25, -0.2) is 0 Å². The van der Waals surface area contributed by atoms with Gasteiger partial charge in [0.25, 0.3) is 0 Å². The lowest BCUT2D eigenvalue weighted by Gasteiger charge is -2.28. The molecule has 0 saturated carbocycles. The largest absolute Gasteiger partial charge is 0.344 e. The first-order chi connectivity index (χ1) is 26.3. The highest BCUT2D eigenvalue weighted by Crippen LogP contribution is 2.51. The van der Waals surface area contributed by atoms with Crippen molar-refractivity contribution in [2.75, 3.05) is 18.0 Å². The van der Waals surface area contributed by atoms with Crippen molar-refractivity contribution < 1.29 is 4.58 Å². The number of rotatable bonds is 10. The van der Waals surface area contributed by atoms with Gasteiger partial charge in [-0.1, -0.05) is 138 Å². The summed E-state index contributed by atoms with van der Waals surface area (Å²) in [6.07, 6.45) is 18.0. The molecule has 3 aliphatic rings. The van der Waals surface area contributed by atoms with E-state index in [2.05, 4.69) is 178 Å². The lowest BCUT2D eigenvalue weighted by molar-refractivity contribution is -0.438. The highest BCUT2D eigenvalue weighted by Gasteiger charge is 2.45. The van der Waals surface area contributed by atoms with Crippen LogP contribution in [0.1, 0.15) is 103 Å². The Labute approximate surface area is 323 Å². The SMILES string of the molecule is CCCCN1C(=CC=C2CCCC(C=CC3=[N+](CCCC)c4ccc5ccccc5c4C3(C)C)=C2c2ccccc2)C(C)(C)c2c1ccc1ccccc21. The van der Waals surface area contributed by atoms with Crippen LogP contribution in [0.2, 0.25) is 0 Å². The van der Waals surface area contributed by atoms with Crippen LogP contribution in [0.25, 0.3) is 27.1 Å². The van der Waals surface area contributed by atoms with E-state index < -0.39 is 0 Å². The standard InChI is InChI=1S/C52H57N2/c1-7-9-35-53-44-31-27-37-19-14-16-25-42(37)49(44)51(3,4)46(53)33-29-40-23-18-24-41(48(40)39-21-12-11-13-22-39)30-34-47-52(5,6)50-43-26-17-15-20-38(43)28-32-45(50)54(47)36-10-8-2/h11-17,19-22,25-34H,7-10,18,23-24,35-36H2,1-6H3/q+1. The fraction of sp³-hybridized carbons (Fsp3) is 0.327. The molecule has 2 heterocycles. The molecule has 274 valence electrons. The monoisotopic (exact) mass is 709 g/mol. The minimum atomic E-state index is -0.110. The van der Waals surface area contributed by atoms with Crippen molar-refractivity contribution in [1.29, 1.82) is 0 Å². The highest BCUT2D eigenvalue weighted by atomic mass is 15.2. The fourth-order valence-electron chi connectivity index (χ4n) is 9.78. The Morgan fingerprint density at radius 3 is 2.04 bits per heavy atom. The molecule has 0 N–H and O–H groups in total. The van der Waals surface area contributed by atoms with E-state index in [1.807, 2.05) is 0 Å². The summed E-state index contributed by atoms with van der Waals surface area (Å²) in [6, 6.07) is 38.4. The van der Waals surface area contributed by atoms with E-state index >= 15 is 0 Å². The molecule has 1 aliphatic carbocycles. The third-order valence-electron chi connectivity index (χ3n) is 12.5. The number of benzene rings is 5. The molecule has 5 aromatic carbocycles. The van der Waals surface area contributed by atoms with Gasteiger partial charge in [0, 0.05) is 47.5 Å². The summed E-state index contributed by atoms with van der Waals surface area (Å²) in [4.78, 5) is 2.63. The number of hydrogen-bond donors (Lipinski definition) is 0. The summed E-state index contributed by atoms with van der Waals surface area (Å²) in [5, 5.41) is 5.40. The first-order valence-corrected chi connectivity index (χ1v) is 20.6. The van der Waals surface area contributed by atoms with E-state index in [4.69, 9.17) is 0 Å². The van der Waals surface area contributed by atoms with Gasteiger partial charge in [0.05, 0.1) is 5.41 Å². The van der Waals surface area contributed by atoms with Crippen LogP contribution in [-0.2, 0) is 10.8 Å². The zero-order valence-electron chi connectivity index (χ0n) is 33.4. The Bertz CT molecular complexity index is 2380. The summed E-state index contributed by atoms with van der Waals surface area (Å²) in [7, 11) is 0. The van der Waals surface area contributed by atoms with Gasteiger partial charge >= 0.3 is 0 Å². The number of unbranched alkanes of at least 4 members (excludes halogenated alkanes) is 2. The molecule has 54 heavy (non-hydrogen) atoms. The smallest absolute Gasteiger partial charge is 0.210 e. The molecular weight excluding hydrogens is 653 g/mol. The molecule has 0 unspecified atom stereocenters. The zero-order chi connectivity index (χ0) is 37.5. The molecule has 0 fully saturated rings. The summed E-state index contributed by atoms with van der Waals surface area (Å²) in [5.74, 6) is 0. The van der Waals surface area contributed by atoms with E-state index in [0.29, 0.717) is 0 Å². The predicted molar refractivity (Wildman–Crippen MR) is 233 cm³/mol. The van der Waals surface area contributed by atoms with Gasteiger partial charge in [-0.15, -0.1) is 0 Å². The number of hydrogen-bond acceptors (Lipinski definition) is 1. The molecular formula is C52H57N2+. The Balaban J connectivity index is 1.25. The molecule has 0 aromatic heterocycles. The maximum atomic E-state index is 2.63. The summed E-state index contributed by atoms with van der Waals surface area (Å²) in [5.41, 5.74) is 13.9. The molecule has 5 aromatic rings. The molecule has 2 nitrogen and oxygen atoms in total. The van der Waals surface area contributed by atoms with Crippen LogP contribution in [0.15, 0.2) is 144 Å². The van der Waals surface area contributed by atoms with E-state index in [0.717, 1.165) is 32.4 Å². The van der Waals surface area contributed by atoms with Crippen LogP contribution in [0.4, 0.5) is 11.4 Å². The maximum absolute atomic E-state index is 2.63. The van der Waals surface area contributed by atoms with E-state index in [1.165, 1.54) is 103 Å². The summed E-state index contributed by atoms with van der Waals surface area (Å²) < 4.78 is 2.63. The van der Waals surface area contributed by atoms with Crippen molar-refractivity contribution in [2.24, 2.45) is 0 Å². The number of fused-ring (bicyclic) bond motifs is 6. The molecule has 0 bridgehead atoms. The topological polar surface area (TPSA) is 6.25 Å². The summed E-state index contributed by atoms with van der Waals surface area (Å²) in [6.45, 7) is 16.4. The van der Waals surface area contributed by atoms with Gasteiger partial charge < -0.3 is 4.90 Å². The third kappa shape index (κ3) is 6.18. The Kier molecular flexibility index (Phi) is 9.82. The van der Waals surface area contributed by atoms with Crippen LogP contribution >= 0.6 is 0 Å².